The summed E-state index contributed by atoms with van der Waals surface area (Å²) < 4.78 is 0. The summed E-state index contributed by atoms with van der Waals surface area (Å²) >= 11 is 0. The maximum Gasteiger partial charge on any atom is 0.251 e. The van der Waals surface area contributed by atoms with Gasteiger partial charge in [-0.05, 0) is 29.7 Å². The van der Waals surface area contributed by atoms with Crippen LogP contribution in [0.1, 0.15) is 27.9 Å². The maximum atomic E-state index is 12.8. The summed E-state index contributed by atoms with van der Waals surface area (Å²) in [5.41, 5.74) is 4.02. The van der Waals surface area contributed by atoms with Gasteiger partial charge in [0.2, 0.25) is 0 Å². The zero-order chi connectivity index (χ0) is 19.9. The first-order chi connectivity index (χ1) is 14.3. The predicted molar refractivity (Wildman–Crippen MR) is 115 cm³/mol. The van der Waals surface area contributed by atoms with Gasteiger partial charge in [-0.2, -0.15) is 0 Å². The number of hydrogen-bond acceptors (Lipinski definition) is 3. The molecule has 1 heterocycles. The van der Waals surface area contributed by atoms with Crippen molar-refractivity contribution in [1.82, 2.24) is 5.32 Å². The number of nitrogens with zero attached hydrogens (tertiary/aromatic N) is 1. The van der Waals surface area contributed by atoms with E-state index in [1.54, 1.807) is 0 Å². The Morgan fingerprint density at radius 1 is 0.897 bits per heavy atom. The van der Waals surface area contributed by atoms with E-state index in [1.165, 1.54) is 5.56 Å². The van der Waals surface area contributed by atoms with E-state index >= 15 is 0 Å². The number of benzene rings is 3. The first-order valence-electron chi connectivity index (χ1n) is 9.93. The topological polar surface area (TPSA) is 50.7 Å². The fraction of sp³-hybridized carbons (Fsp3) is 0.200. The van der Waals surface area contributed by atoms with Crippen LogP contribution >= 0.6 is 0 Å². The highest BCUT2D eigenvalue weighted by molar-refractivity contribution is 5.94. The first kappa shape index (κ1) is 18.9. The highest BCUT2D eigenvalue weighted by Crippen LogP contribution is 2.20. The molecular formula is C25H24N2O2. The van der Waals surface area contributed by atoms with Crippen LogP contribution in [0.25, 0.3) is 0 Å². The van der Waals surface area contributed by atoms with E-state index in [4.69, 9.17) is 4.84 Å². The van der Waals surface area contributed by atoms with Crippen molar-refractivity contribution in [1.29, 1.82) is 0 Å². The minimum absolute atomic E-state index is 0.0911. The second-order valence-corrected chi connectivity index (χ2v) is 7.30. The van der Waals surface area contributed by atoms with Gasteiger partial charge in [0, 0.05) is 18.4 Å². The van der Waals surface area contributed by atoms with Crippen LogP contribution in [0.3, 0.4) is 0 Å². The van der Waals surface area contributed by atoms with Crippen LogP contribution in [0.5, 0.6) is 0 Å². The summed E-state index contributed by atoms with van der Waals surface area (Å²) in [5.74, 6) is -0.0911. The summed E-state index contributed by atoms with van der Waals surface area (Å²) in [6.07, 6.45) is 1.99. The van der Waals surface area contributed by atoms with Crippen molar-refractivity contribution in [2.45, 2.75) is 31.4 Å². The summed E-state index contributed by atoms with van der Waals surface area (Å²) in [6, 6.07) is 29.5. The molecule has 0 unspecified atom stereocenters. The molecule has 1 aliphatic heterocycles. The third kappa shape index (κ3) is 5.11. The van der Waals surface area contributed by atoms with Crippen LogP contribution < -0.4 is 5.32 Å². The second kappa shape index (κ2) is 9.20. The van der Waals surface area contributed by atoms with Crippen molar-refractivity contribution in [3.63, 3.8) is 0 Å². The molecule has 1 amide bonds. The fourth-order valence-electron chi connectivity index (χ4n) is 3.59. The lowest BCUT2D eigenvalue weighted by Crippen LogP contribution is -2.45. The summed E-state index contributed by atoms with van der Waals surface area (Å²) in [4.78, 5) is 18.6. The minimum atomic E-state index is -0.179. The Morgan fingerprint density at radius 2 is 1.48 bits per heavy atom. The first-order valence-corrected chi connectivity index (χ1v) is 9.93. The van der Waals surface area contributed by atoms with E-state index in [2.05, 4.69) is 34.7 Å². The number of amides is 1. The molecule has 4 nitrogen and oxygen atoms in total. The van der Waals surface area contributed by atoms with Gasteiger partial charge in [0.05, 0.1) is 11.8 Å². The molecule has 146 valence electrons. The van der Waals surface area contributed by atoms with Crippen molar-refractivity contribution in [3.05, 3.63) is 108 Å². The average Bonchev–Trinajstić information content (AvgIpc) is 3.24. The number of carbonyl (C=O) groups is 1. The monoisotopic (exact) mass is 384 g/mol. The second-order valence-electron chi connectivity index (χ2n) is 7.30. The Hall–Kier alpha value is -3.40. The Bertz CT molecular complexity index is 956. The zero-order valence-corrected chi connectivity index (χ0v) is 16.2. The standard InChI is InChI=1S/C25H24N2O2/c28-25(21-14-8-3-9-15-21)26-23(17-20-12-6-2-7-13-20)24-18-22(27-29-24)16-19-10-4-1-5-11-19/h1-15,23-24H,16-18H2,(H,26,28)/t23-,24-/m0/s1. The summed E-state index contributed by atoms with van der Waals surface area (Å²) in [7, 11) is 0. The molecule has 0 spiro atoms. The predicted octanol–water partition coefficient (Wildman–Crippen LogP) is 4.42. The van der Waals surface area contributed by atoms with E-state index in [0.717, 1.165) is 17.7 Å². The molecule has 4 rings (SSSR count). The van der Waals surface area contributed by atoms with Crippen molar-refractivity contribution in [2.24, 2.45) is 5.16 Å². The lowest BCUT2D eigenvalue weighted by atomic mass is 9.95. The van der Waals surface area contributed by atoms with Gasteiger partial charge in [0.25, 0.3) is 5.91 Å². The molecule has 0 fully saturated rings. The zero-order valence-electron chi connectivity index (χ0n) is 16.2. The van der Waals surface area contributed by atoms with Crippen molar-refractivity contribution >= 4 is 11.6 Å². The van der Waals surface area contributed by atoms with E-state index < -0.39 is 0 Å². The van der Waals surface area contributed by atoms with Gasteiger partial charge in [0.1, 0.15) is 0 Å². The van der Waals surface area contributed by atoms with Crippen molar-refractivity contribution < 1.29 is 9.63 Å². The molecule has 3 aromatic rings. The number of rotatable bonds is 7. The molecular weight excluding hydrogens is 360 g/mol. The molecule has 1 N–H and O–H groups in total. The minimum Gasteiger partial charge on any atom is -0.390 e. The van der Waals surface area contributed by atoms with Crippen LogP contribution in [0.2, 0.25) is 0 Å². The largest absolute Gasteiger partial charge is 0.390 e. The van der Waals surface area contributed by atoms with Gasteiger partial charge in [-0.3, -0.25) is 4.79 Å². The molecule has 0 saturated heterocycles. The normalized spacial score (nSPS) is 16.6. The highest BCUT2D eigenvalue weighted by atomic mass is 16.6. The van der Waals surface area contributed by atoms with Crippen LogP contribution in [-0.4, -0.2) is 23.8 Å². The molecule has 3 aromatic carbocycles. The molecule has 0 radical (unpaired) electrons. The van der Waals surface area contributed by atoms with E-state index in [0.29, 0.717) is 18.4 Å². The molecule has 4 heteroatoms. The Kier molecular flexibility index (Phi) is 6.01. The Morgan fingerprint density at radius 3 is 2.14 bits per heavy atom. The van der Waals surface area contributed by atoms with Gasteiger partial charge >= 0.3 is 0 Å². The lowest BCUT2D eigenvalue weighted by Gasteiger charge is -2.23. The SMILES string of the molecule is O=C(N[C@@H](Cc1ccccc1)[C@@H]1CC(Cc2ccccc2)=NO1)c1ccccc1. The smallest absolute Gasteiger partial charge is 0.251 e. The quantitative estimate of drug-likeness (QED) is 0.656. The molecule has 0 aromatic heterocycles. The number of nitrogens with one attached hydrogen (secondary N) is 1. The average molecular weight is 384 g/mol. The van der Waals surface area contributed by atoms with Gasteiger partial charge in [-0.25, -0.2) is 0 Å². The summed E-state index contributed by atoms with van der Waals surface area (Å²) in [6.45, 7) is 0. The third-order valence-corrected chi connectivity index (χ3v) is 5.10. The summed E-state index contributed by atoms with van der Waals surface area (Å²) in [5, 5.41) is 7.49. The number of carbonyl (C=O) groups excluding carboxylic acids is 1. The molecule has 0 bridgehead atoms. The number of oxime groups is 1. The van der Waals surface area contributed by atoms with Crippen molar-refractivity contribution in [2.75, 3.05) is 0 Å². The van der Waals surface area contributed by atoms with Crippen LogP contribution in [0.15, 0.2) is 96.2 Å². The molecule has 1 aliphatic rings. The highest BCUT2D eigenvalue weighted by Gasteiger charge is 2.31. The van der Waals surface area contributed by atoms with E-state index in [-0.39, 0.29) is 18.1 Å². The van der Waals surface area contributed by atoms with Crippen LogP contribution in [0.4, 0.5) is 0 Å². The Balaban J connectivity index is 1.46. The molecule has 0 aliphatic carbocycles. The van der Waals surface area contributed by atoms with Gasteiger partial charge in [-0.15, -0.1) is 0 Å². The van der Waals surface area contributed by atoms with E-state index in [1.807, 2.05) is 66.7 Å². The van der Waals surface area contributed by atoms with Gasteiger partial charge < -0.3 is 10.2 Å². The third-order valence-electron chi connectivity index (χ3n) is 5.10. The molecule has 29 heavy (non-hydrogen) atoms. The van der Waals surface area contributed by atoms with Gasteiger partial charge in [-0.1, -0.05) is 84.0 Å². The molecule has 2 atom stereocenters. The van der Waals surface area contributed by atoms with E-state index in [9.17, 15) is 4.79 Å². The number of hydrogen-bond donors (Lipinski definition) is 1. The maximum absolute atomic E-state index is 12.8. The fourth-order valence-corrected chi connectivity index (χ4v) is 3.59. The molecule has 0 saturated carbocycles. The Labute approximate surface area is 171 Å². The van der Waals surface area contributed by atoms with Gasteiger partial charge in [0.15, 0.2) is 6.10 Å². The van der Waals surface area contributed by atoms with Crippen molar-refractivity contribution in [3.8, 4) is 0 Å². The van der Waals surface area contributed by atoms with Crippen LogP contribution in [0, 0.1) is 0 Å². The van der Waals surface area contributed by atoms with Crippen LogP contribution in [-0.2, 0) is 17.7 Å². The lowest BCUT2D eigenvalue weighted by molar-refractivity contribution is 0.0509.